The molecule has 1 aromatic carbocycles. The third kappa shape index (κ3) is 2.01. The summed E-state index contributed by atoms with van der Waals surface area (Å²) in [5.41, 5.74) is 2.51. The average Bonchev–Trinajstić information content (AvgIpc) is 2.66. The number of aromatic nitrogens is 2. The van der Waals surface area contributed by atoms with Crippen molar-refractivity contribution in [3.63, 3.8) is 0 Å². The summed E-state index contributed by atoms with van der Waals surface area (Å²) in [7, 11) is 0. The maximum absolute atomic E-state index is 8.94. The van der Waals surface area contributed by atoms with Crippen LogP contribution in [0.2, 0.25) is 0 Å². The summed E-state index contributed by atoms with van der Waals surface area (Å²) in [6, 6.07) is 7.94. The van der Waals surface area contributed by atoms with Gasteiger partial charge in [0, 0.05) is 6.04 Å². The molecule has 0 saturated carbocycles. The minimum Gasteiger partial charge on any atom is -0.324 e. The van der Waals surface area contributed by atoms with Crippen LogP contribution < -0.4 is 0 Å². The fourth-order valence-corrected chi connectivity index (χ4v) is 2.16. The lowest BCUT2D eigenvalue weighted by molar-refractivity contribution is 0.584. The summed E-state index contributed by atoms with van der Waals surface area (Å²) in [5, 5.41) is 8.79. The van der Waals surface area contributed by atoms with E-state index in [1.54, 1.807) is 6.07 Å². The summed E-state index contributed by atoms with van der Waals surface area (Å²) in [5.74, 6) is 0.853. The SMILES string of the molecule is CC(Cl)c1nc2ccc(C#N)cc2n1C(C)C. The lowest BCUT2D eigenvalue weighted by atomic mass is 10.2. The highest BCUT2D eigenvalue weighted by Gasteiger charge is 2.17. The van der Waals surface area contributed by atoms with Crippen LogP contribution in [0.4, 0.5) is 0 Å². The number of nitriles is 1. The van der Waals surface area contributed by atoms with E-state index in [1.807, 2.05) is 19.1 Å². The Morgan fingerprint density at radius 1 is 1.35 bits per heavy atom. The van der Waals surface area contributed by atoms with Crippen molar-refractivity contribution >= 4 is 22.6 Å². The summed E-state index contributed by atoms with van der Waals surface area (Å²) in [6.45, 7) is 6.08. The molecular weight excluding hydrogens is 234 g/mol. The number of imidazole rings is 1. The Labute approximate surface area is 106 Å². The molecule has 4 heteroatoms. The number of nitrogens with zero attached hydrogens (tertiary/aromatic N) is 3. The van der Waals surface area contributed by atoms with E-state index in [0.717, 1.165) is 16.9 Å². The number of benzene rings is 1. The number of rotatable bonds is 2. The van der Waals surface area contributed by atoms with E-state index in [2.05, 4.69) is 29.5 Å². The first-order valence-corrected chi connectivity index (χ1v) is 6.04. The van der Waals surface area contributed by atoms with Gasteiger partial charge < -0.3 is 4.57 Å². The van der Waals surface area contributed by atoms with Crippen molar-refractivity contribution in [3.8, 4) is 6.07 Å². The van der Waals surface area contributed by atoms with Crippen LogP contribution in [0.15, 0.2) is 18.2 Å². The van der Waals surface area contributed by atoms with Crippen molar-refractivity contribution < 1.29 is 0 Å². The Morgan fingerprint density at radius 2 is 2.06 bits per heavy atom. The van der Waals surface area contributed by atoms with Gasteiger partial charge in [-0.3, -0.25) is 0 Å². The molecule has 0 aliphatic carbocycles. The molecule has 0 aliphatic rings. The van der Waals surface area contributed by atoms with E-state index in [9.17, 15) is 0 Å². The Morgan fingerprint density at radius 3 is 2.59 bits per heavy atom. The molecule has 0 spiro atoms. The fourth-order valence-electron chi connectivity index (χ4n) is 2.00. The standard InChI is InChI=1S/C13H14ClN3/c1-8(2)17-12-6-10(7-15)4-5-11(12)16-13(17)9(3)14/h4-6,8-9H,1-3H3. The Kier molecular flexibility index (Phi) is 3.08. The molecule has 88 valence electrons. The predicted molar refractivity (Wildman–Crippen MR) is 69.1 cm³/mol. The number of alkyl halides is 1. The normalized spacial score (nSPS) is 12.9. The molecule has 1 unspecified atom stereocenters. The molecule has 0 bridgehead atoms. The van der Waals surface area contributed by atoms with Gasteiger partial charge in [-0.1, -0.05) is 0 Å². The Balaban J connectivity index is 2.78. The Hall–Kier alpha value is -1.53. The Bertz CT molecular complexity index is 590. The van der Waals surface area contributed by atoms with Gasteiger partial charge in [0.25, 0.3) is 0 Å². The topological polar surface area (TPSA) is 41.6 Å². The molecule has 3 nitrogen and oxygen atoms in total. The van der Waals surface area contributed by atoms with Crippen LogP contribution in [0.3, 0.4) is 0 Å². The number of hydrogen-bond acceptors (Lipinski definition) is 2. The van der Waals surface area contributed by atoms with Crippen LogP contribution in [0, 0.1) is 11.3 Å². The molecule has 0 N–H and O–H groups in total. The predicted octanol–water partition coefficient (Wildman–Crippen LogP) is 3.79. The monoisotopic (exact) mass is 247 g/mol. The highest BCUT2D eigenvalue weighted by Crippen LogP contribution is 2.28. The molecule has 2 aromatic rings. The molecular formula is C13H14ClN3. The van der Waals surface area contributed by atoms with Crippen molar-refractivity contribution in [3.05, 3.63) is 29.6 Å². The zero-order chi connectivity index (χ0) is 12.6. The van der Waals surface area contributed by atoms with Gasteiger partial charge in [-0.2, -0.15) is 5.26 Å². The summed E-state index contributed by atoms with van der Waals surface area (Å²) in [4.78, 5) is 4.53. The molecule has 0 radical (unpaired) electrons. The first-order valence-electron chi connectivity index (χ1n) is 5.60. The van der Waals surface area contributed by atoms with Gasteiger partial charge in [-0.25, -0.2) is 4.98 Å². The highest BCUT2D eigenvalue weighted by molar-refractivity contribution is 6.20. The smallest absolute Gasteiger partial charge is 0.127 e. The van der Waals surface area contributed by atoms with Gasteiger partial charge in [0.1, 0.15) is 5.82 Å². The second-order valence-corrected chi connectivity index (χ2v) is 5.02. The van der Waals surface area contributed by atoms with Crippen LogP contribution in [0.5, 0.6) is 0 Å². The quantitative estimate of drug-likeness (QED) is 0.758. The second-order valence-electron chi connectivity index (χ2n) is 4.37. The van der Waals surface area contributed by atoms with Gasteiger partial charge >= 0.3 is 0 Å². The first-order chi connectivity index (χ1) is 8.04. The minimum absolute atomic E-state index is 0.143. The molecule has 0 fully saturated rings. The van der Waals surface area contributed by atoms with Crippen LogP contribution in [-0.4, -0.2) is 9.55 Å². The molecule has 0 aliphatic heterocycles. The zero-order valence-corrected chi connectivity index (χ0v) is 10.9. The highest BCUT2D eigenvalue weighted by atomic mass is 35.5. The van der Waals surface area contributed by atoms with Gasteiger partial charge in [0.15, 0.2) is 0 Å². The van der Waals surface area contributed by atoms with Gasteiger partial charge in [-0.15, -0.1) is 11.6 Å². The van der Waals surface area contributed by atoms with Crippen molar-refractivity contribution in [2.75, 3.05) is 0 Å². The number of hydrogen-bond donors (Lipinski definition) is 0. The van der Waals surface area contributed by atoms with Gasteiger partial charge in [0.2, 0.25) is 0 Å². The molecule has 0 saturated heterocycles. The van der Waals surface area contributed by atoms with E-state index in [-0.39, 0.29) is 11.4 Å². The third-order valence-corrected chi connectivity index (χ3v) is 2.91. The minimum atomic E-state index is -0.143. The maximum Gasteiger partial charge on any atom is 0.127 e. The summed E-state index contributed by atoms with van der Waals surface area (Å²) in [6.07, 6.45) is 0. The average molecular weight is 248 g/mol. The van der Waals surface area contributed by atoms with E-state index in [0.29, 0.717) is 5.56 Å². The van der Waals surface area contributed by atoms with Crippen LogP contribution in [0.1, 0.15) is 43.6 Å². The maximum atomic E-state index is 8.94. The van der Waals surface area contributed by atoms with E-state index >= 15 is 0 Å². The van der Waals surface area contributed by atoms with Crippen molar-refractivity contribution in [1.82, 2.24) is 9.55 Å². The van der Waals surface area contributed by atoms with E-state index in [1.165, 1.54) is 0 Å². The molecule has 2 rings (SSSR count). The molecule has 1 atom stereocenters. The molecule has 0 amide bonds. The molecule has 1 heterocycles. The lowest BCUT2D eigenvalue weighted by Crippen LogP contribution is -2.06. The van der Waals surface area contributed by atoms with Crippen LogP contribution >= 0.6 is 11.6 Å². The lowest BCUT2D eigenvalue weighted by Gasteiger charge is -2.14. The zero-order valence-electron chi connectivity index (χ0n) is 10.1. The first kappa shape index (κ1) is 11.9. The van der Waals surface area contributed by atoms with Gasteiger partial charge in [-0.05, 0) is 39.0 Å². The summed E-state index contributed by atoms with van der Waals surface area (Å²) >= 11 is 6.15. The summed E-state index contributed by atoms with van der Waals surface area (Å²) < 4.78 is 2.09. The number of halogens is 1. The number of fused-ring (bicyclic) bond motifs is 1. The van der Waals surface area contributed by atoms with E-state index < -0.39 is 0 Å². The second kappa shape index (κ2) is 4.38. The van der Waals surface area contributed by atoms with Crippen molar-refractivity contribution in [1.29, 1.82) is 5.26 Å². The largest absolute Gasteiger partial charge is 0.324 e. The van der Waals surface area contributed by atoms with Crippen LogP contribution in [0.25, 0.3) is 11.0 Å². The van der Waals surface area contributed by atoms with Crippen molar-refractivity contribution in [2.24, 2.45) is 0 Å². The molecule has 1 aromatic heterocycles. The van der Waals surface area contributed by atoms with Crippen LogP contribution in [-0.2, 0) is 0 Å². The van der Waals surface area contributed by atoms with E-state index in [4.69, 9.17) is 16.9 Å². The fraction of sp³-hybridized carbons (Fsp3) is 0.385. The molecule has 17 heavy (non-hydrogen) atoms. The van der Waals surface area contributed by atoms with Crippen molar-refractivity contribution in [2.45, 2.75) is 32.2 Å². The van der Waals surface area contributed by atoms with Gasteiger partial charge in [0.05, 0.1) is 28.0 Å². The third-order valence-electron chi connectivity index (χ3n) is 2.72.